The second kappa shape index (κ2) is 8.45. The Morgan fingerprint density at radius 2 is 1.92 bits per heavy atom. The maximum absolute atomic E-state index is 13.6. The van der Waals surface area contributed by atoms with E-state index in [-0.39, 0.29) is 17.8 Å². The number of hydrogen-bond acceptors (Lipinski definition) is 2. The summed E-state index contributed by atoms with van der Waals surface area (Å²) in [5.74, 6) is 0.0180. The zero-order chi connectivity index (χ0) is 17.6. The average molecular weight is 361 g/mol. The highest BCUT2D eigenvalue weighted by Gasteiger charge is 2.30. The lowest BCUT2D eigenvalue weighted by atomic mass is 10.1. The highest BCUT2D eigenvalue weighted by Crippen LogP contribution is 2.24. The molecule has 0 aromatic heterocycles. The smallest absolute Gasteiger partial charge is 0.223 e. The van der Waals surface area contributed by atoms with Gasteiger partial charge in [-0.1, -0.05) is 41.9 Å². The van der Waals surface area contributed by atoms with E-state index < -0.39 is 0 Å². The number of nitrogens with zero attached hydrogens (tertiary/aromatic N) is 1. The molecule has 2 aromatic carbocycles. The molecule has 0 aliphatic carbocycles. The lowest BCUT2D eigenvalue weighted by molar-refractivity contribution is -0.129. The number of halogens is 2. The quantitative estimate of drug-likeness (QED) is 0.752. The third-order valence-electron chi connectivity index (χ3n) is 4.65. The largest absolute Gasteiger partial charge is 0.335 e. The number of rotatable bonds is 7. The lowest BCUT2D eigenvalue weighted by Gasteiger charge is -2.25. The van der Waals surface area contributed by atoms with Crippen molar-refractivity contribution in [3.63, 3.8) is 0 Å². The third-order valence-corrected chi connectivity index (χ3v) is 4.90. The molecule has 1 aliphatic heterocycles. The molecule has 1 fully saturated rings. The minimum atomic E-state index is -0.185. The first kappa shape index (κ1) is 17.9. The molecule has 1 atom stereocenters. The van der Waals surface area contributed by atoms with Crippen molar-refractivity contribution in [3.05, 3.63) is 70.5 Å². The Morgan fingerprint density at radius 3 is 2.68 bits per heavy atom. The summed E-state index contributed by atoms with van der Waals surface area (Å²) >= 11 is 5.92. The van der Waals surface area contributed by atoms with Crippen LogP contribution in [0.15, 0.2) is 48.5 Å². The van der Waals surface area contributed by atoms with E-state index in [1.807, 2.05) is 35.2 Å². The summed E-state index contributed by atoms with van der Waals surface area (Å²) in [6.07, 6.45) is 2.35. The number of carbonyl (C=O) groups is 1. The van der Waals surface area contributed by atoms with Gasteiger partial charge in [-0.25, -0.2) is 4.39 Å². The van der Waals surface area contributed by atoms with Gasteiger partial charge in [0.25, 0.3) is 0 Å². The van der Waals surface area contributed by atoms with Gasteiger partial charge in [0.1, 0.15) is 5.82 Å². The first-order chi connectivity index (χ1) is 12.1. The number of hydrogen-bond donors (Lipinski definition) is 1. The number of nitrogens with one attached hydrogen (secondary N) is 1. The molecular weight excluding hydrogens is 339 g/mol. The van der Waals surface area contributed by atoms with Crippen molar-refractivity contribution in [2.75, 3.05) is 6.54 Å². The van der Waals surface area contributed by atoms with Crippen molar-refractivity contribution < 1.29 is 9.18 Å². The van der Waals surface area contributed by atoms with Crippen molar-refractivity contribution >= 4 is 17.5 Å². The summed E-state index contributed by atoms with van der Waals surface area (Å²) in [6, 6.07) is 14.6. The SMILES string of the molecule is O=C1CC[C@H](CCNCc2ccccc2F)N1Cc1ccc(Cl)cc1. The standard InChI is InChI=1S/C20H22ClFN2O/c21-17-7-5-15(6-8-17)14-24-18(9-10-20(24)25)11-12-23-13-16-3-1-2-4-19(16)22/h1-8,18,23H,9-14H2/t18-/m1/s1. The Bertz CT molecular complexity index is 720. The molecule has 0 saturated carbocycles. The van der Waals surface area contributed by atoms with Crippen molar-refractivity contribution in [1.29, 1.82) is 0 Å². The number of likely N-dealkylation sites (tertiary alicyclic amines) is 1. The molecule has 0 spiro atoms. The van der Waals surface area contributed by atoms with E-state index in [2.05, 4.69) is 5.32 Å². The lowest BCUT2D eigenvalue weighted by Crippen LogP contribution is -2.34. The highest BCUT2D eigenvalue weighted by molar-refractivity contribution is 6.30. The Kier molecular flexibility index (Phi) is 6.05. The molecule has 3 nitrogen and oxygen atoms in total. The van der Waals surface area contributed by atoms with Gasteiger partial charge in [0, 0.05) is 36.1 Å². The van der Waals surface area contributed by atoms with Crippen LogP contribution < -0.4 is 5.32 Å². The molecule has 25 heavy (non-hydrogen) atoms. The van der Waals surface area contributed by atoms with Gasteiger partial charge in [0.05, 0.1) is 0 Å². The van der Waals surface area contributed by atoms with Gasteiger partial charge >= 0.3 is 0 Å². The minimum absolute atomic E-state index is 0.185. The molecule has 2 aromatic rings. The first-order valence-electron chi connectivity index (χ1n) is 8.61. The van der Waals surface area contributed by atoms with E-state index in [1.165, 1.54) is 6.07 Å². The maximum Gasteiger partial charge on any atom is 0.223 e. The van der Waals surface area contributed by atoms with Crippen molar-refractivity contribution in [2.24, 2.45) is 0 Å². The molecule has 3 rings (SSSR count). The summed E-state index contributed by atoms with van der Waals surface area (Å²) in [5, 5.41) is 3.98. The van der Waals surface area contributed by atoms with Crippen LogP contribution in [-0.4, -0.2) is 23.4 Å². The van der Waals surface area contributed by atoms with Gasteiger partial charge in [-0.2, -0.15) is 0 Å². The van der Waals surface area contributed by atoms with Crippen LogP contribution in [0.3, 0.4) is 0 Å². The molecule has 1 heterocycles. The van der Waals surface area contributed by atoms with E-state index in [0.29, 0.717) is 30.1 Å². The monoisotopic (exact) mass is 360 g/mol. The molecule has 1 aliphatic rings. The highest BCUT2D eigenvalue weighted by atomic mass is 35.5. The summed E-state index contributed by atoms with van der Waals surface area (Å²) in [6.45, 7) is 1.88. The van der Waals surface area contributed by atoms with Gasteiger partial charge in [0.15, 0.2) is 0 Å². The van der Waals surface area contributed by atoms with E-state index in [1.54, 1.807) is 12.1 Å². The molecular formula is C20H22ClFN2O. The second-order valence-corrected chi connectivity index (χ2v) is 6.83. The van der Waals surface area contributed by atoms with Crippen LogP contribution in [0.1, 0.15) is 30.4 Å². The average Bonchev–Trinajstić information content (AvgIpc) is 2.95. The Balaban J connectivity index is 1.50. The van der Waals surface area contributed by atoms with Crippen molar-refractivity contribution in [2.45, 2.75) is 38.4 Å². The molecule has 0 bridgehead atoms. The normalized spacial score (nSPS) is 17.3. The Hall–Kier alpha value is -1.91. The first-order valence-corrected chi connectivity index (χ1v) is 8.99. The van der Waals surface area contributed by atoms with Gasteiger partial charge in [-0.15, -0.1) is 0 Å². The molecule has 1 N–H and O–H groups in total. The van der Waals surface area contributed by atoms with Crippen LogP contribution in [0.2, 0.25) is 5.02 Å². The van der Waals surface area contributed by atoms with Crippen LogP contribution in [0.5, 0.6) is 0 Å². The number of benzene rings is 2. The van der Waals surface area contributed by atoms with Gasteiger partial charge in [-0.3, -0.25) is 4.79 Å². The predicted molar refractivity (Wildman–Crippen MR) is 97.7 cm³/mol. The second-order valence-electron chi connectivity index (χ2n) is 6.40. The fourth-order valence-corrected chi connectivity index (χ4v) is 3.36. The molecule has 1 amide bonds. The topological polar surface area (TPSA) is 32.3 Å². The summed E-state index contributed by atoms with van der Waals surface area (Å²) in [5.41, 5.74) is 1.76. The van der Waals surface area contributed by atoms with Gasteiger partial charge < -0.3 is 10.2 Å². The van der Waals surface area contributed by atoms with Crippen molar-refractivity contribution in [1.82, 2.24) is 10.2 Å². The molecule has 0 unspecified atom stereocenters. The minimum Gasteiger partial charge on any atom is -0.335 e. The van der Waals surface area contributed by atoms with Crippen LogP contribution >= 0.6 is 11.6 Å². The van der Waals surface area contributed by atoms with Crippen molar-refractivity contribution in [3.8, 4) is 0 Å². The van der Waals surface area contributed by atoms with Crippen LogP contribution in [0, 0.1) is 5.82 Å². The number of amides is 1. The van der Waals surface area contributed by atoms with E-state index in [0.717, 1.165) is 24.9 Å². The molecule has 5 heteroatoms. The molecule has 132 valence electrons. The zero-order valence-corrected chi connectivity index (χ0v) is 14.8. The Labute approximate surface area is 152 Å². The third kappa shape index (κ3) is 4.80. The molecule has 0 radical (unpaired) electrons. The van der Waals surface area contributed by atoms with Gasteiger partial charge in [0.2, 0.25) is 5.91 Å². The van der Waals surface area contributed by atoms with Gasteiger partial charge in [-0.05, 0) is 43.1 Å². The van der Waals surface area contributed by atoms with Crippen LogP contribution in [0.25, 0.3) is 0 Å². The van der Waals surface area contributed by atoms with E-state index in [9.17, 15) is 9.18 Å². The van der Waals surface area contributed by atoms with E-state index >= 15 is 0 Å². The summed E-state index contributed by atoms with van der Waals surface area (Å²) in [7, 11) is 0. The molecule has 1 saturated heterocycles. The van der Waals surface area contributed by atoms with Crippen LogP contribution in [0.4, 0.5) is 4.39 Å². The maximum atomic E-state index is 13.6. The summed E-state index contributed by atoms with van der Waals surface area (Å²) < 4.78 is 13.6. The Morgan fingerprint density at radius 1 is 1.16 bits per heavy atom. The summed E-state index contributed by atoms with van der Waals surface area (Å²) in [4.78, 5) is 14.1. The number of carbonyl (C=O) groups excluding carboxylic acids is 1. The zero-order valence-electron chi connectivity index (χ0n) is 14.1. The van der Waals surface area contributed by atoms with E-state index in [4.69, 9.17) is 11.6 Å². The fraction of sp³-hybridized carbons (Fsp3) is 0.350. The predicted octanol–water partition coefficient (Wildman–Crippen LogP) is 4.15. The fourth-order valence-electron chi connectivity index (χ4n) is 3.23. The van der Waals surface area contributed by atoms with Crippen LogP contribution in [-0.2, 0) is 17.9 Å².